The van der Waals surface area contributed by atoms with Crippen LogP contribution in [0.3, 0.4) is 0 Å². The zero-order valence-electron chi connectivity index (χ0n) is 9.56. The first-order valence-corrected chi connectivity index (χ1v) is 5.77. The third kappa shape index (κ3) is 2.92. The normalized spacial score (nSPS) is 10.2. The number of carbonyl (C=O) groups excluding carboxylic acids is 1. The minimum Gasteiger partial charge on any atom is -0.294 e. The van der Waals surface area contributed by atoms with E-state index in [1.807, 2.05) is 36.0 Å². The zero-order chi connectivity index (χ0) is 12.3. The number of nitrogens with zero attached hydrogens (tertiary/aromatic N) is 1. The Morgan fingerprint density at radius 1 is 1.18 bits per heavy atom. The lowest BCUT2D eigenvalue weighted by Crippen LogP contribution is -2.33. The summed E-state index contributed by atoms with van der Waals surface area (Å²) < 4.78 is 1.95. The zero-order valence-corrected chi connectivity index (χ0v) is 10.3. The molecule has 2 rings (SSSR count). The van der Waals surface area contributed by atoms with E-state index in [9.17, 15) is 4.79 Å². The van der Waals surface area contributed by atoms with Crippen LogP contribution < -0.4 is 4.57 Å². The highest BCUT2D eigenvalue weighted by atomic mass is 35.5. The largest absolute Gasteiger partial charge is 0.294 e. The highest BCUT2D eigenvalue weighted by Crippen LogP contribution is 2.11. The van der Waals surface area contributed by atoms with E-state index >= 15 is 0 Å². The fourth-order valence-corrected chi connectivity index (χ4v) is 1.77. The van der Waals surface area contributed by atoms with Crippen LogP contribution in [0.4, 0.5) is 0 Å². The molecule has 1 aromatic heterocycles. The summed E-state index contributed by atoms with van der Waals surface area (Å²) in [6.07, 6.45) is 2.34. The molecule has 3 heteroatoms. The third-order valence-corrected chi connectivity index (χ3v) is 2.92. The molecule has 86 valence electrons. The molecule has 0 fully saturated rings. The summed E-state index contributed by atoms with van der Waals surface area (Å²) in [6.45, 7) is 0. The molecule has 0 spiro atoms. The van der Waals surface area contributed by atoms with Gasteiger partial charge in [0.2, 0.25) is 0 Å². The molecule has 17 heavy (non-hydrogen) atoms. The fraction of sp³-hybridized carbons (Fsp3) is 0.143. The van der Waals surface area contributed by atoms with E-state index in [2.05, 4.69) is 0 Å². The van der Waals surface area contributed by atoms with Crippen molar-refractivity contribution in [3.05, 3.63) is 64.9 Å². The molecule has 0 saturated carbocycles. The van der Waals surface area contributed by atoms with Crippen molar-refractivity contribution in [2.75, 3.05) is 0 Å². The van der Waals surface area contributed by atoms with Gasteiger partial charge in [-0.2, -0.15) is 0 Å². The van der Waals surface area contributed by atoms with Crippen molar-refractivity contribution >= 4 is 17.4 Å². The number of carbonyl (C=O) groups is 1. The Labute approximate surface area is 105 Å². The lowest BCUT2D eigenvalue weighted by molar-refractivity contribution is -0.678. The van der Waals surface area contributed by atoms with E-state index in [0.29, 0.717) is 17.0 Å². The molecule has 0 atom stereocenters. The maximum Gasteiger partial charge on any atom is 0.188 e. The van der Waals surface area contributed by atoms with E-state index in [4.69, 9.17) is 11.6 Å². The second kappa shape index (κ2) is 5.11. The fourth-order valence-electron chi connectivity index (χ4n) is 1.64. The van der Waals surface area contributed by atoms with Crippen molar-refractivity contribution in [1.29, 1.82) is 0 Å². The summed E-state index contributed by atoms with van der Waals surface area (Å²) in [5.74, 6) is 0.100. The van der Waals surface area contributed by atoms with Gasteiger partial charge in [0.1, 0.15) is 7.05 Å². The quantitative estimate of drug-likeness (QED) is 0.602. The first kappa shape index (κ1) is 11.8. The minimum atomic E-state index is 0.100. The van der Waals surface area contributed by atoms with Crippen LogP contribution in [0.2, 0.25) is 5.02 Å². The van der Waals surface area contributed by atoms with E-state index in [1.165, 1.54) is 0 Å². The Balaban J connectivity index is 2.17. The number of benzene rings is 1. The van der Waals surface area contributed by atoms with Crippen molar-refractivity contribution in [1.82, 2.24) is 0 Å². The third-order valence-electron chi connectivity index (χ3n) is 2.67. The smallest absolute Gasteiger partial charge is 0.188 e. The average molecular weight is 247 g/mol. The van der Waals surface area contributed by atoms with Crippen LogP contribution >= 0.6 is 11.6 Å². The molecule has 0 N–H and O–H groups in total. The van der Waals surface area contributed by atoms with Crippen LogP contribution in [0.25, 0.3) is 0 Å². The van der Waals surface area contributed by atoms with Gasteiger partial charge in [-0.25, -0.2) is 4.57 Å². The second-order valence-corrected chi connectivity index (χ2v) is 4.35. The van der Waals surface area contributed by atoms with E-state index in [-0.39, 0.29) is 5.78 Å². The number of halogens is 1. The van der Waals surface area contributed by atoms with E-state index < -0.39 is 0 Å². The maximum absolute atomic E-state index is 12.0. The number of hydrogen-bond acceptors (Lipinski definition) is 1. The SMILES string of the molecule is C[n+]1ccccc1CC(=O)c1ccc(Cl)cc1. The van der Waals surface area contributed by atoms with E-state index in [0.717, 1.165) is 5.69 Å². The average Bonchev–Trinajstić information content (AvgIpc) is 2.33. The lowest BCUT2D eigenvalue weighted by Gasteiger charge is -2.00. The summed E-state index contributed by atoms with van der Waals surface area (Å²) in [4.78, 5) is 12.0. The molecule has 0 aliphatic rings. The Bertz CT molecular complexity index is 534. The Hall–Kier alpha value is -1.67. The van der Waals surface area contributed by atoms with Gasteiger partial charge >= 0.3 is 0 Å². The highest BCUT2D eigenvalue weighted by Gasteiger charge is 2.12. The number of aromatic nitrogens is 1. The van der Waals surface area contributed by atoms with Crippen LogP contribution in [0, 0.1) is 0 Å². The monoisotopic (exact) mass is 246 g/mol. The molecule has 0 radical (unpaired) electrons. The summed E-state index contributed by atoms with van der Waals surface area (Å²) in [7, 11) is 1.93. The molecule has 1 aromatic carbocycles. The van der Waals surface area contributed by atoms with Crippen molar-refractivity contribution in [2.45, 2.75) is 6.42 Å². The van der Waals surface area contributed by atoms with Crippen LogP contribution in [0.1, 0.15) is 16.1 Å². The minimum absolute atomic E-state index is 0.100. The number of pyridine rings is 1. The van der Waals surface area contributed by atoms with Crippen molar-refractivity contribution in [3.8, 4) is 0 Å². The molecule has 2 aromatic rings. The topological polar surface area (TPSA) is 20.9 Å². The predicted molar refractivity (Wildman–Crippen MR) is 67.1 cm³/mol. The Morgan fingerprint density at radius 3 is 2.53 bits per heavy atom. The molecule has 0 bridgehead atoms. The summed E-state index contributed by atoms with van der Waals surface area (Å²) >= 11 is 5.79. The number of hydrogen-bond donors (Lipinski definition) is 0. The summed E-state index contributed by atoms with van der Waals surface area (Å²) in [6, 6.07) is 12.8. The molecular formula is C14H13ClNO+. The highest BCUT2D eigenvalue weighted by molar-refractivity contribution is 6.30. The van der Waals surface area contributed by atoms with E-state index in [1.54, 1.807) is 24.3 Å². The standard InChI is InChI=1S/C14H13ClNO/c1-16-9-3-2-4-13(16)10-14(17)11-5-7-12(15)8-6-11/h2-9H,10H2,1H3/q+1. The Kier molecular flexibility index (Phi) is 3.55. The molecule has 0 aliphatic carbocycles. The molecule has 0 saturated heterocycles. The number of rotatable bonds is 3. The van der Waals surface area contributed by atoms with Gasteiger partial charge in [0.15, 0.2) is 17.7 Å². The van der Waals surface area contributed by atoms with Gasteiger partial charge in [-0.15, -0.1) is 0 Å². The second-order valence-electron chi connectivity index (χ2n) is 3.91. The number of Topliss-reactive ketones (excluding diaryl/α,β-unsaturated/α-hetero) is 1. The maximum atomic E-state index is 12.0. The number of aryl methyl sites for hydroxylation is 1. The van der Waals surface area contributed by atoms with Gasteiger partial charge in [0, 0.05) is 22.7 Å². The first-order valence-electron chi connectivity index (χ1n) is 5.39. The molecule has 2 nitrogen and oxygen atoms in total. The van der Waals surface area contributed by atoms with Gasteiger partial charge in [-0.05, 0) is 24.3 Å². The van der Waals surface area contributed by atoms with Gasteiger partial charge in [-0.1, -0.05) is 17.7 Å². The van der Waals surface area contributed by atoms with Crippen LogP contribution in [-0.2, 0) is 13.5 Å². The molecule has 0 unspecified atom stereocenters. The van der Waals surface area contributed by atoms with Crippen LogP contribution in [0.15, 0.2) is 48.7 Å². The van der Waals surface area contributed by atoms with Crippen molar-refractivity contribution in [3.63, 3.8) is 0 Å². The molecule has 0 aliphatic heterocycles. The van der Waals surface area contributed by atoms with Gasteiger partial charge in [-0.3, -0.25) is 4.79 Å². The van der Waals surface area contributed by atoms with Crippen molar-refractivity contribution < 1.29 is 9.36 Å². The first-order chi connectivity index (χ1) is 8.16. The van der Waals surface area contributed by atoms with Crippen LogP contribution in [-0.4, -0.2) is 5.78 Å². The molecular weight excluding hydrogens is 234 g/mol. The van der Waals surface area contributed by atoms with Gasteiger partial charge in [0.05, 0.1) is 6.42 Å². The number of ketones is 1. The van der Waals surface area contributed by atoms with Gasteiger partial charge in [0.25, 0.3) is 0 Å². The molecule has 1 heterocycles. The van der Waals surface area contributed by atoms with Crippen LogP contribution in [0.5, 0.6) is 0 Å². The van der Waals surface area contributed by atoms with Gasteiger partial charge < -0.3 is 0 Å². The van der Waals surface area contributed by atoms with Crippen molar-refractivity contribution in [2.24, 2.45) is 7.05 Å². The summed E-state index contributed by atoms with van der Waals surface area (Å²) in [5.41, 5.74) is 1.69. The Morgan fingerprint density at radius 2 is 1.88 bits per heavy atom. The summed E-state index contributed by atoms with van der Waals surface area (Å²) in [5, 5.41) is 0.645. The molecule has 0 amide bonds. The lowest BCUT2D eigenvalue weighted by atomic mass is 10.1. The predicted octanol–water partition coefficient (Wildman–Crippen LogP) is 2.59.